The number of likely N-dealkylation sites (tertiary alicyclic amines) is 1. The van der Waals surface area contributed by atoms with Gasteiger partial charge in [0.15, 0.2) is 0 Å². The van der Waals surface area contributed by atoms with Crippen molar-refractivity contribution in [1.29, 1.82) is 0 Å². The van der Waals surface area contributed by atoms with Gasteiger partial charge in [-0.25, -0.2) is 0 Å². The van der Waals surface area contributed by atoms with E-state index in [1.54, 1.807) is 0 Å². The standard InChI is InChI=1S/C21H26N2O/c24-16-18-6-7-19-14-23(15-20(19)12-18)21-8-10-22(11-9-21)13-17-4-2-1-3-5-17/h1-7,12,21,24H,8-11,13-16H2. The Kier molecular flexibility index (Phi) is 4.65. The van der Waals surface area contributed by atoms with Gasteiger partial charge in [-0.3, -0.25) is 9.80 Å². The van der Waals surface area contributed by atoms with Gasteiger partial charge in [0.1, 0.15) is 0 Å². The summed E-state index contributed by atoms with van der Waals surface area (Å²) in [6, 6.07) is 17.9. The summed E-state index contributed by atoms with van der Waals surface area (Å²) in [7, 11) is 0. The highest BCUT2D eigenvalue weighted by Gasteiger charge is 2.29. The van der Waals surface area contributed by atoms with Gasteiger partial charge in [0.2, 0.25) is 0 Å². The van der Waals surface area contributed by atoms with E-state index in [-0.39, 0.29) is 6.61 Å². The fourth-order valence-corrected chi connectivity index (χ4v) is 4.11. The second-order valence-electron chi connectivity index (χ2n) is 7.16. The molecule has 1 N–H and O–H groups in total. The van der Waals surface area contributed by atoms with Crippen LogP contribution in [0.3, 0.4) is 0 Å². The Morgan fingerprint density at radius 2 is 1.62 bits per heavy atom. The van der Waals surface area contributed by atoms with Crippen LogP contribution in [0.15, 0.2) is 48.5 Å². The Morgan fingerprint density at radius 1 is 0.875 bits per heavy atom. The largest absolute Gasteiger partial charge is 0.392 e. The van der Waals surface area contributed by atoms with Gasteiger partial charge in [-0.2, -0.15) is 0 Å². The summed E-state index contributed by atoms with van der Waals surface area (Å²) in [5.74, 6) is 0. The van der Waals surface area contributed by atoms with E-state index >= 15 is 0 Å². The number of nitrogens with zero attached hydrogens (tertiary/aromatic N) is 2. The smallest absolute Gasteiger partial charge is 0.0681 e. The van der Waals surface area contributed by atoms with Crippen LogP contribution in [0.25, 0.3) is 0 Å². The van der Waals surface area contributed by atoms with Crippen molar-refractivity contribution in [3.05, 3.63) is 70.8 Å². The molecule has 2 aliphatic heterocycles. The molecule has 2 aromatic rings. The molecular formula is C21H26N2O. The van der Waals surface area contributed by atoms with Crippen molar-refractivity contribution in [3.8, 4) is 0 Å². The first-order valence-electron chi connectivity index (χ1n) is 9.03. The van der Waals surface area contributed by atoms with E-state index in [2.05, 4.69) is 58.3 Å². The molecule has 126 valence electrons. The van der Waals surface area contributed by atoms with Crippen molar-refractivity contribution in [1.82, 2.24) is 9.80 Å². The molecule has 0 atom stereocenters. The second kappa shape index (κ2) is 7.06. The average Bonchev–Trinajstić information content (AvgIpc) is 3.06. The zero-order valence-corrected chi connectivity index (χ0v) is 14.2. The molecule has 0 aromatic heterocycles. The number of hydrogen-bond acceptors (Lipinski definition) is 3. The predicted molar refractivity (Wildman–Crippen MR) is 96.4 cm³/mol. The third kappa shape index (κ3) is 3.39. The van der Waals surface area contributed by atoms with Crippen LogP contribution in [0.1, 0.15) is 35.1 Å². The van der Waals surface area contributed by atoms with Crippen LogP contribution >= 0.6 is 0 Å². The van der Waals surface area contributed by atoms with Crippen LogP contribution in [-0.4, -0.2) is 34.0 Å². The Hall–Kier alpha value is -1.68. The van der Waals surface area contributed by atoms with Crippen molar-refractivity contribution in [3.63, 3.8) is 0 Å². The van der Waals surface area contributed by atoms with E-state index in [4.69, 9.17) is 0 Å². The van der Waals surface area contributed by atoms with E-state index in [0.29, 0.717) is 6.04 Å². The Balaban J connectivity index is 1.32. The van der Waals surface area contributed by atoms with E-state index in [0.717, 1.165) is 25.2 Å². The van der Waals surface area contributed by atoms with Crippen LogP contribution < -0.4 is 0 Å². The first-order chi connectivity index (χ1) is 11.8. The molecule has 0 spiro atoms. The molecule has 2 heterocycles. The van der Waals surface area contributed by atoms with Gasteiger partial charge in [-0.1, -0.05) is 48.5 Å². The predicted octanol–water partition coefficient (Wildman–Crippen LogP) is 3.16. The van der Waals surface area contributed by atoms with Gasteiger partial charge in [0, 0.05) is 25.7 Å². The van der Waals surface area contributed by atoms with Crippen LogP contribution in [0.2, 0.25) is 0 Å². The maximum Gasteiger partial charge on any atom is 0.0681 e. The molecule has 0 bridgehead atoms. The summed E-state index contributed by atoms with van der Waals surface area (Å²) >= 11 is 0. The normalized spacial score (nSPS) is 19.5. The van der Waals surface area contributed by atoms with Crippen molar-refractivity contribution in [2.24, 2.45) is 0 Å². The van der Waals surface area contributed by atoms with Gasteiger partial charge >= 0.3 is 0 Å². The number of aliphatic hydroxyl groups is 1. The summed E-state index contributed by atoms with van der Waals surface area (Å²) in [5, 5.41) is 9.31. The van der Waals surface area contributed by atoms with Crippen molar-refractivity contribution in [2.75, 3.05) is 13.1 Å². The SMILES string of the molecule is OCc1ccc2c(c1)CN(C1CCN(Cc3ccccc3)CC1)C2. The fraction of sp³-hybridized carbons (Fsp3) is 0.429. The highest BCUT2D eigenvalue weighted by molar-refractivity contribution is 5.34. The Bertz CT molecular complexity index is 677. The third-order valence-electron chi connectivity index (χ3n) is 5.52. The van der Waals surface area contributed by atoms with Crippen LogP contribution in [0, 0.1) is 0 Å². The van der Waals surface area contributed by atoms with E-state index in [9.17, 15) is 5.11 Å². The fourth-order valence-electron chi connectivity index (χ4n) is 4.11. The first kappa shape index (κ1) is 15.8. The summed E-state index contributed by atoms with van der Waals surface area (Å²) in [6.07, 6.45) is 2.52. The maximum absolute atomic E-state index is 9.31. The topological polar surface area (TPSA) is 26.7 Å². The Labute approximate surface area is 144 Å². The minimum absolute atomic E-state index is 0.144. The maximum atomic E-state index is 9.31. The minimum Gasteiger partial charge on any atom is -0.392 e. The summed E-state index contributed by atoms with van der Waals surface area (Å²) in [4.78, 5) is 5.21. The van der Waals surface area contributed by atoms with E-state index < -0.39 is 0 Å². The lowest BCUT2D eigenvalue weighted by Gasteiger charge is -2.36. The number of piperidine rings is 1. The van der Waals surface area contributed by atoms with Gasteiger partial charge < -0.3 is 5.11 Å². The molecule has 0 amide bonds. The lowest BCUT2D eigenvalue weighted by Crippen LogP contribution is -2.42. The van der Waals surface area contributed by atoms with Crippen LogP contribution in [-0.2, 0) is 26.2 Å². The first-order valence-corrected chi connectivity index (χ1v) is 9.03. The highest BCUT2D eigenvalue weighted by Crippen LogP contribution is 2.29. The number of aliphatic hydroxyl groups excluding tert-OH is 1. The molecule has 3 heteroatoms. The van der Waals surface area contributed by atoms with Crippen LogP contribution in [0.4, 0.5) is 0 Å². The van der Waals surface area contributed by atoms with Gasteiger partial charge in [-0.15, -0.1) is 0 Å². The number of rotatable bonds is 4. The summed E-state index contributed by atoms with van der Waals surface area (Å²) < 4.78 is 0. The van der Waals surface area contributed by atoms with Gasteiger partial charge in [0.25, 0.3) is 0 Å². The van der Waals surface area contributed by atoms with E-state index in [1.165, 1.54) is 42.6 Å². The van der Waals surface area contributed by atoms with E-state index in [1.807, 2.05) is 0 Å². The molecule has 2 aromatic carbocycles. The average molecular weight is 322 g/mol. The minimum atomic E-state index is 0.144. The zero-order valence-electron chi connectivity index (χ0n) is 14.2. The third-order valence-corrected chi connectivity index (χ3v) is 5.52. The molecule has 1 saturated heterocycles. The molecule has 1 fully saturated rings. The molecule has 0 unspecified atom stereocenters. The Morgan fingerprint density at radius 3 is 2.38 bits per heavy atom. The highest BCUT2D eigenvalue weighted by atomic mass is 16.3. The quantitative estimate of drug-likeness (QED) is 0.937. The second-order valence-corrected chi connectivity index (χ2v) is 7.16. The zero-order chi connectivity index (χ0) is 16.4. The van der Waals surface area contributed by atoms with Gasteiger partial charge in [0.05, 0.1) is 6.61 Å². The lowest BCUT2D eigenvalue weighted by molar-refractivity contribution is 0.103. The molecule has 0 aliphatic carbocycles. The molecule has 24 heavy (non-hydrogen) atoms. The molecule has 0 radical (unpaired) electrons. The molecule has 2 aliphatic rings. The number of fused-ring (bicyclic) bond motifs is 1. The van der Waals surface area contributed by atoms with Crippen LogP contribution in [0.5, 0.6) is 0 Å². The van der Waals surface area contributed by atoms with Crippen molar-refractivity contribution < 1.29 is 5.11 Å². The summed E-state index contributed by atoms with van der Waals surface area (Å²) in [5.41, 5.74) is 5.31. The molecule has 3 nitrogen and oxygen atoms in total. The molecule has 0 saturated carbocycles. The van der Waals surface area contributed by atoms with Crippen molar-refractivity contribution in [2.45, 2.75) is 45.1 Å². The lowest BCUT2D eigenvalue weighted by atomic mass is 10.0. The van der Waals surface area contributed by atoms with Gasteiger partial charge in [-0.05, 0) is 48.2 Å². The monoisotopic (exact) mass is 322 g/mol. The summed E-state index contributed by atoms with van der Waals surface area (Å²) in [6.45, 7) is 5.72. The number of hydrogen-bond donors (Lipinski definition) is 1. The van der Waals surface area contributed by atoms with Crippen molar-refractivity contribution >= 4 is 0 Å². The number of benzene rings is 2. The molecule has 4 rings (SSSR count). The molecular weight excluding hydrogens is 296 g/mol.